The average Bonchev–Trinajstić information content (AvgIpc) is 3.20. The van der Waals surface area contributed by atoms with Gasteiger partial charge in [-0.15, -0.1) is 0 Å². The molecule has 5 rings (SSSR count). The van der Waals surface area contributed by atoms with Gasteiger partial charge >= 0.3 is 11.9 Å². The fraction of sp³-hybridized carbons (Fsp3) is 0.714. The summed E-state index contributed by atoms with van der Waals surface area (Å²) in [5.41, 5.74) is -1.33. The molecule has 7 nitrogen and oxygen atoms in total. The number of rotatable bonds is 1. The summed E-state index contributed by atoms with van der Waals surface area (Å²) in [6.45, 7) is 5.15. The number of carbonyl (C=O) groups excluding carboxylic acids is 2. The number of ether oxygens (including phenoxy) is 2. The molecular weight excluding hydrogens is 364 g/mol. The SMILES string of the molecule is CC(=O)O[C@H]1[C@@H]2OC(=O)[C@@H]3c4ccoc4C[C@H](C4C(O)CCC(C)(C)[C@@]41O)[C@@H]23. The van der Waals surface area contributed by atoms with Crippen molar-refractivity contribution in [1.29, 1.82) is 0 Å². The summed E-state index contributed by atoms with van der Waals surface area (Å²) < 4.78 is 17.0. The van der Waals surface area contributed by atoms with Crippen LogP contribution in [0.2, 0.25) is 0 Å². The molecular formula is C21H26O7. The Labute approximate surface area is 163 Å². The Morgan fingerprint density at radius 1 is 1.36 bits per heavy atom. The van der Waals surface area contributed by atoms with Gasteiger partial charge in [0.05, 0.1) is 18.3 Å². The van der Waals surface area contributed by atoms with Gasteiger partial charge in [-0.2, -0.15) is 0 Å². The van der Waals surface area contributed by atoms with Crippen molar-refractivity contribution in [2.24, 2.45) is 23.2 Å². The first kappa shape index (κ1) is 18.2. The van der Waals surface area contributed by atoms with Gasteiger partial charge in [0.25, 0.3) is 0 Å². The van der Waals surface area contributed by atoms with Crippen molar-refractivity contribution in [1.82, 2.24) is 0 Å². The van der Waals surface area contributed by atoms with E-state index in [1.807, 2.05) is 13.8 Å². The van der Waals surface area contributed by atoms with Gasteiger partial charge in [0.15, 0.2) is 6.10 Å². The molecule has 3 aliphatic carbocycles. The quantitative estimate of drug-likeness (QED) is 0.701. The van der Waals surface area contributed by atoms with Crippen molar-refractivity contribution < 1.29 is 33.7 Å². The molecule has 2 unspecified atom stereocenters. The number of fused-ring (bicyclic) bond motifs is 4. The highest BCUT2D eigenvalue weighted by atomic mass is 16.6. The molecule has 0 spiro atoms. The molecule has 2 heterocycles. The first-order valence-electron chi connectivity index (χ1n) is 10.0. The van der Waals surface area contributed by atoms with E-state index in [0.29, 0.717) is 25.0 Å². The van der Waals surface area contributed by atoms with Crippen molar-refractivity contribution in [2.45, 2.75) is 69.9 Å². The Balaban J connectivity index is 1.72. The third kappa shape index (κ3) is 2.06. The number of furan rings is 1. The van der Waals surface area contributed by atoms with Gasteiger partial charge in [-0.25, -0.2) is 0 Å². The minimum Gasteiger partial charge on any atom is -0.469 e. The molecule has 7 heteroatoms. The Morgan fingerprint density at radius 3 is 2.82 bits per heavy atom. The van der Waals surface area contributed by atoms with E-state index in [9.17, 15) is 19.8 Å². The first-order chi connectivity index (χ1) is 13.2. The zero-order valence-electron chi connectivity index (χ0n) is 16.3. The van der Waals surface area contributed by atoms with Crippen molar-refractivity contribution in [2.75, 3.05) is 0 Å². The second-order valence-electron chi connectivity index (χ2n) is 9.49. The van der Waals surface area contributed by atoms with Gasteiger partial charge in [-0.05, 0) is 30.2 Å². The van der Waals surface area contributed by atoms with Gasteiger partial charge < -0.3 is 24.1 Å². The lowest BCUT2D eigenvalue weighted by Crippen LogP contribution is -2.74. The minimum absolute atomic E-state index is 0.202. The van der Waals surface area contributed by atoms with E-state index >= 15 is 0 Å². The van der Waals surface area contributed by atoms with E-state index in [2.05, 4.69) is 0 Å². The second kappa shape index (κ2) is 5.60. The third-order valence-corrected chi connectivity index (χ3v) is 7.86. The lowest BCUT2D eigenvalue weighted by molar-refractivity contribution is -0.292. The maximum atomic E-state index is 12.8. The number of carbonyl (C=O) groups is 2. The molecule has 1 aliphatic heterocycles. The van der Waals surface area contributed by atoms with Gasteiger partial charge in [-0.3, -0.25) is 9.59 Å². The molecule has 28 heavy (non-hydrogen) atoms. The normalized spacial score (nSPS) is 45.5. The Hall–Kier alpha value is -1.86. The van der Waals surface area contributed by atoms with Crippen LogP contribution >= 0.6 is 0 Å². The van der Waals surface area contributed by atoms with Gasteiger partial charge in [0.1, 0.15) is 17.5 Å². The molecule has 1 saturated heterocycles. The van der Waals surface area contributed by atoms with Crippen LogP contribution < -0.4 is 0 Å². The van der Waals surface area contributed by atoms with Crippen molar-refractivity contribution in [3.05, 3.63) is 23.7 Å². The third-order valence-electron chi connectivity index (χ3n) is 7.86. The predicted octanol–water partition coefficient (Wildman–Crippen LogP) is 1.55. The van der Waals surface area contributed by atoms with E-state index in [0.717, 1.165) is 5.56 Å². The smallest absolute Gasteiger partial charge is 0.314 e. The molecule has 0 bridgehead atoms. The number of aliphatic hydroxyl groups is 2. The molecule has 0 aromatic carbocycles. The average molecular weight is 390 g/mol. The highest BCUT2D eigenvalue weighted by Gasteiger charge is 2.73. The van der Waals surface area contributed by atoms with E-state index < -0.39 is 47.1 Å². The Kier molecular flexibility index (Phi) is 3.64. The first-order valence-corrected chi connectivity index (χ1v) is 10.0. The number of hydrogen-bond acceptors (Lipinski definition) is 7. The van der Waals surface area contributed by atoms with Crippen LogP contribution in [0.15, 0.2) is 16.7 Å². The number of esters is 2. The predicted molar refractivity (Wildman–Crippen MR) is 95.0 cm³/mol. The van der Waals surface area contributed by atoms with Crippen molar-refractivity contribution in [3.63, 3.8) is 0 Å². The fourth-order valence-electron chi connectivity index (χ4n) is 6.64. The zero-order valence-corrected chi connectivity index (χ0v) is 16.3. The van der Waals surface area contributed by atoms with Crippen molar-refractivity contribution in [3.8, 4) is 0 Å². The highest BCUT2D eigenvalue weighted by Crippen LogP contribution is 2.64. The molecule has 8 atom stereocenters. The number of aliphatic hydroxyl groups excluding tert-OH is 1. The summed E-state index contributed by atoms with van der Waals surface area (Å²) in [4.78, 5) is 24.8. The maximum Gasteiger partial charge on any atom is 0.314 e. The van der Waals surface area contributed by atoms with Gasteiger partial charge in [0, 0.05) is 30.7 Å². The summed E-state index contributed by atoms with van der Waals surface area (Å²) >= 11 is 0. The summed E-state index contributed by atoms with van der Waals surface area (Å²) in [5.74, 6) is -1.73. The minimum atomic E-state index is -1.51. The summed E-state index contributed by atoms with van der Waals surface area (Å²) in [6, 6.07) is 1.79. The van der Waals surface area contributed by atoms with E-state index in [1.165, 1.54) is 6.92 Å². The Morgan fingerprint density at radius 2 is 2.11 bits per heavy atom. The van der Waals surface area contributed by atoms with Crippen LogP contribution in [-0.2, 0) is 25.5 Å². The van der Waals surface area contributed by atoms with Crippen LogP contribution in [0.4, 0.5) is 0 Å². The van der Waals surface area contributed by atoms with E-state index in [-0.39, 0.29) is 17.8 Å². The van der Waals surface area contributed by atoms with Crippen LogP contribution in [0.25, 0.3) is 0 Å². The standard InChI is InChI=1S/C21H26O7/c1-9(22)27-18-17-14-11(16-12(23)4-6-20(2,3)21(16,18)25)8-13-10(5-7-26-13)15(14)19(24)28-17/h5,7,11-12,14-18,23,25H,4,6,8H2,1-3H3/t11-,12?,14+,15+,16?,17+,18-,21+/m0/s1. The molecule has 1 aromatic rings. The fourth-order valence-corrected chi connectivity index (χ4v) is 6.64. The van der Waals surface area contributed by atoms with Gasteiger partial charge in [-0.1, -0.05) is 13.8 Å². The van der Waals surface area contributed by atoms with Crippen molar-refractivity contribution >= 4 is 11.9 Å². The number of hydrogen-bond donors (Lipinski definition) is 2. The molecule has 1 aromatic heterocycles. The van der Waals surface area contributed by atoms with E-state index in [1.54, 1.807) is 12.3 Å². The van der Waals surface area contributed by atoms with E-state index in [4.69, 9.17) is 13.9 Å². The van der Waals surface area contributed by atoms with Crippen LogP contribution in [0.5, 0.6) is 0 Å². The summed E-state index contributed by atoms with van der Waals surface area (Å²) in [7, 11) is 0. The molecule has 2 saturated carbocycles. The maximum absolute atomic E-state index is 12.8. The highest BCUT2D eigenvalue weighted by molar-refractivity contribution is 5.82. The largest absolute Gasteiger partial charge is 0.469 e. The molecule has 2 N–H and O–H groups in total. The lowest BCUT2D eigenvalue weighted by atomic mass is 9.46. The summed E-state index contributed by atoms with van der Waals surface area (Å²) in [6.07, 6.45) is 0.708. The second-order valence-corrected chi connectivity index (χ2v) is 9.49. The van der Waals surface area contributed by atoms with Crippen LogP contribution in [0, 0.1) is 23.2 Å². The summed E-state index contributed by atoms with van der Waals surface area (Å²) in [5, 5.41) is 23.1. The monoisotopic (exact) mass is 390 g/mol. The van der Waals surface area contributed by atoms with Crippen LogP contribution in [0.3, 0.4) is 0 Å². The topological polar surface area (TPSA) is 106 Å². The molecule has 4 aliphatic rings. The molecule has 152 valence electrons. The molecule has 0 amide bonds. The van der Waals surface area contributed by atoms with Crippen LogP contribution in [-0.4, -0.2) is 46.1 Å². The van der Waals surface area contributed by atoms with Gasteiger partial charge in [0.2, 0.25) is 0 Å². The molecule has 0 radical (unpaired) electrons. The zero-order chi connectivity index (χ0) is 20.0. The van der Waals surface area contributed by atoms with Crippen LogP contribution in [0.1, 0.15) is 50.9 Å². The Bertz CT molecular complexity index is 842. The molecule has 3 fully saturated rings. The lowest BCUT2D eigenvalue weighted by Gasteiger charge is -2.63.